The van der Waals surface area contributed by atoms with Crippen molar-refractivity contribution >= 4 is 11.7 Å². The lowest BCUT2D eigenvalue weighted by Crippen LogP contribution is -2.30. The van der Waals surface area contributed by atoms with Crippen LogP contribution in [-0.4, -0.2) is 29.9 Å². The van der Waals surface area contributed by atoms with Gasteiger partial charge in [0.25, 0.3) is 0 Å². The Morgan fingerprint density at radius 2 is 2.13 bits per heavy atom. The third-order valence-corrected chi connectivity index (χ3v) is 3.57. The van der Waals surface area contributed by atoms with E-state index in [1.165, 1.54) is 0 Å². The van der Waals surface area contributed by atoms with Crippen LogP contribution in [0.15, 0.2) is 30.6 Å². The highest BCUT2D eigenvalue weighted by Gasteiger charge is 2.16. The highest BCUT2D eigenvalue weighted by atomic mass is 16.5. The molecular weight excluding hydrogens is 292 g/mol. The van der Waals surface area contributed by atoms with Crippen LogP contribution in [0.2, 0.25) is 0 Å². The van der Waals surface area contributed by atoms with Crippen molar-refractivity contribution in [1.29, 1.82) is 0 Å². The molecule has 3 N–H and O–H groups in total. The molecule has 2 amide bonds. The highest BCUT2D eigenvalue weighted by Crippen LogP contribution is 2.31. The number of carbonyl (C=O) groups is 1. The number of ether oxygens (including phenoxy) is 1. The van der Waals surface area contributed by atoms with Gasteiger partial charge in [-0.3, -0.25) is 5.10 Å². The molecule has 6 heteroatoms. The predicted octanol–water partition coefficient (Wildman–Crippen LogP) is 3.08. The smallest absolute Gasteiger partial charge is 0.319 e. The zero-order valence-corrected chi connectivity index (χ0v) is 14.1. The number of nitrogens with one attached hydrogen (secondary N) is 3. The van der Waals surface area contributed by atoms with E-state index in [9.17, 15) is 4.79 Å². The number of hydrogen-bond acceptors (Lipinski definition) is 3. The molecule has 0 radical (unpaired) electrons. The Labute approximate surface area is 136 Å². The molecule has 0 saturated heterocycles. The van der Waals surface area contributed by atoms with Gasteiger partial charge in [-0.25, -0.2) is 4.79 Å². The van der Waals surface area contributed by atoms with Crippen molar-refractivity contribution in [1.82, 2.24) is 15.5 Å². The lowest BCUT2D eigenvalue weighted by atomic mass is 9.87. The first-order valence-electron chi connectivity index (χ1n) is 7.61. The molecule has 23 heavy (non-hydrogen) atoms. The molecule has 2 rings (SSSR count). The van der Waals surface area contributed by atoms with E-state index in [1.54, 1.807) is 13.3 Å². The fourth-order valence-electron chi connectivity index (χ4n) is 2.17. The van der Waals surface area contributed by atoms with Gasteiger partial charge in [0.2, 0.25) is 0 Å². The zero-order valence-electron chi connectivity index (χ0n) is 14.1. The lowest BCUT2D eigenvalue weighted by molar-refractivity contribution is 0.252. The molecule has 0 aliphatic heterocycles. The first-order chi connectivity index (χ1) is 10.9. The lowest BCUT2D eigenvalue weighted by Gasteiger charge is -2.21. The second kappa shape index (κ2) is 7.17. The van der Waals surface area contributed by atoms with E-state index < -0.39 is 0 Å². The number of hydrogen-bond donors (Lipinski definition) is 3. The van der Waals surface area contributed by atoms with Crippen LogP contribution in [-0.2, 0) is 11.8 Å². The van der Waals surface area contributed by atoms with Gasteiger partial charge in [0.1, 0.15) is 5.75 Å². The number of amides is 2. The summed E-state index contributed by atoms with van der Waals surface area (Å²) in [5.74, 6) is 0.642. The number of H-pyrrole nitrogens is 1. The predicted molar refractivity (Wildman–Crippen MR) is 91.0 cm³/mol. The first kappa shape index (κ1) is 16.9. The van der Waals surface area contributed by atoms with Gasteiger partial charge in [0.05, 0.1) is 19.0 Å². The van der Waals surface area contributed by atoms with Crippen molar-refractivity contribution in [2.45, 2.75) is 32.6 Å². The van der Waals surface area contributed by atoms with E-state index in [2.05, 4.69) is 41.6 Å². The van der Waals surface area contributed by atoms with Crippen LogP contribution in [0.5, 0.6) is 5.75 Å². The molecule has 0 aliphatic rings. The maximum atomic E-state index is 12.1. The summed E-state index contributed by atoms with van der Waals surface area (Å²) in [5, 5.41) is 12.3. The number of nitrogens with zero attached hydrogens (tertiary/aromatic N) is 1. The Morgan fingerprint density at radius 3 is 2.74 bits per heavy atom. The number of aromatic nitrogens is 2. The summed E-state index contributed by atoms with van der Waals surface area (Å²) < 4.78 is 5.32. The number of carbonyl (C=O) groups excluding carboxylic acids is 1. The third kappa shape index (κ3) is 4.74. The molecule has 0 aliphatic carbocycles. The maximum absolute atomic E-state index is 12.1. The Balaban J connectivity index is 1.98. The fourth-order valence-corrected chi connectivity index (χ4v) is 2.17. The van der Waals surface area contributed by atoms with Crippen molar-refractivity contribution in [3.8, 4) is 5.75 Å². The number of benzene rings is 1. The van der Waals surface area contributed by atoms with Crippen molar-refractivity contribution in [2.75, 3.05) is 19.0 Å². The number of anilines is 1. The molecule has 2 aromatic rings. The molecule has 1 aromatic carbocycles. The molecule has 0 atom stereocenters. The minimum absolute atomic E-state index is 0.000457. The van der Waals surface area contributed by atoms with Gasteiger partial charge >= 0.3 is 6.03 Å². The summed E-state index contributed by atoms with van der Waals surface area (Å²) >= 11 is 0. The minimum atomic E-state index is -0.252. The van der Waals surface area contributed by atoms with Gasteiger partial charge < -0.3 is 15.4 Å². The molecule has 0 bridgehead atoms. The highest BCUT2D eigenvalue weighted by molar-refractivity contribution is 5.91. The van der Waals surface area contributed by atoms with Gasteiger partial charge in [-0.05, 0) is 35.1 Å². The maximum Gasteiger partial charge on any atom is 0.319 e. The number of rotatable bonds is 5. The standard InChI is InChI=1S/C17H24N4O2/c1-17(2,3)13-5-6-15(23-4)14(9-13)21-16(22)18-8-7-12-10-19-20-11-12/h5-6,9-11H,7-8H2,1-4H3,(H,19,20)(H2,18,21,22). The molecule has 0 fully saturated rings. The van der Waals surface area contributed by atoms with Crippen molar-refractivity contribution in [3.05, 3.63) is 41.7 Å². The van der Waals surface area contributed by atoms with Gasteiger partial charge in [-0.1, -0.05) is 26.8 Å². The van der Waals surface area contributed by atoms with Gasteiger partial charge in [-0.15, -0.1) is 0 Å². The quantitative estimate of drug-likeness (QED) is 0.793. The van der Waals surface area contributed by atoms with Crippen LogP contribution in [0.4, 0.5) is 10.5 Å². The van der Waals surface area contributed by atoms with E-state index in [1.807, 2.05) is 24.4 Å². The topological polar surface area (TPSA) is 79.0 Å². The summed E-state index contributed by atoms with van der Waals surface area (Å²) in [6.45, 7) is 6.92. The van der Waals surface area contributed by atoms with Gasteiger partial charge in [0.15, 0.2) is 0 Å². The van der Waals surface area contributed by atoms with E-state index in [0.717, 1.165) is 17.5 Å². The van der Waals surface area contributed by atoms with Crippen LogP contribution in [0, 0.1) is 0 Å². The normalized spacial score (nSPS) is 11.1. The van der Waals surface area contributed by atoms with E-state index >= 15 is 0 Å². The van der Waals surface area contributed by atoms with Crippen LogP contribution in [0.25, 0.3) is 0 Å². The molecule has 0 unspecified atom stereocenters. The Kier molecular flexibility index (Phi) is 5.26. The third-order valence-electron chi connectivity index (χ3n) is 3.57. The second-order valence-electron chi connectivity index (χ2n) is 6.40. The molecular formula is C17H24N4O2. The van der Waals surface area contributed by atoms with Crippen LogP contribution < -0.4 is 15.4 Å². The molecule has 124 valence electrons. The van der Waals surface area contributed by atoms with Crippen molar-refractivity contribution < 1.29 is 9.53 Å². The second-order valence-corrected chi connectivity index (χ2v) is 6.40. The van der Waals surface area contributed by atoms with E-state index in [4.69, 9.17) is 4.74 Å². The Bertz CT molecular complexity index is 645. The fraction of sp³-hybridized carbons (Fsp3) is 0.412. The summed E-state index contributed by atoms with van der Waals surface area (Å²) in [4.78, 5) is 12.1. The summed E-state index contributed by atoms with van der Waals surface area (Å²) in [7, 11) is 1.59. The van der Waals surface area contributed by atoms with Gasteiger partial charge in [-0.2, -0.15) is 5.10 Å². The Hall–Kier alpha value is -2.50. The molecule has 1 heterocycles. The average Bonchev–Trinajstić information content (AvgIpc) is 2.99. The minimum Gasteiger partial charge on any atom is -0.495 e. The van der Waals surface area contributed by atoms with Crippen LogP contribution in [0.3, 0.4) is 0 Å². The van der Waals surface area contributed by atoms with E-state index in [-0.39, 0.29) is 11.4 Å². The zero-order chi connectivity index (χ0) is 16.9. The SMILES string of the molecule is COc1ccc(C(C)(C)C)cc1NC(=O)NCCc1cn[nH]c1. The first-order valence-corrected chi connectivity index (χ1v) is 7.61. The number of methoxy groups -OCH3 is 1. The number of urea groups is 1. The van der Waals surface area contributed by atoms with Gasteiger partial charge in [0, 0.05) is 12.7 Å². The Morgan fingerprint density at radius 1 is 1.35 bits per heavy atom. The van der Waals surface area contributed by atoms with Crippen LogP contribution in [0.1, 0.15) is 31.9 Å². The molecule has 6 nitrogen and oxygen atoms in total. The summed E-state index contributed by atoms with van der Waals surface area (Å²) in [6.07, 6.45) is 4.29. The molecule has 1 aromatic heterocycles. The molecule has 0 saturated carbocycles. The number of aromatic amines is 1. The van der Waals surface area contributed by atoms with Crippen molar-refractivity contribution in [2.24, 2.45) is 0 Å². The molecule has 0 spiro atoms. The van der Waals surface area contributed by atoms with Crippen molar-refractivity contribution in [3.63, 3.8) is 0 Å². The summed E-state index contributed by atoms with van der Waals surface area (Å²) in [5.41, 5.74) is 2.85. The average molecular weight is 316 g/mol. The summed E-state index contributed by atoms with van der Waals surface area (Å²) in [6, 6.07) is 5.59. The van der Waals surface area contributed by atoms with Crippen LogP contribution >= 0.6 is 0 Å². The monoisotopic (exact) mass is 316 g/mol. The largest absolute Gasteiger partial charge is 0.495 e. The van der Waals surface area contributed by atoms with E-state index in [0.29, 0.717) is 18.0 Å².